The Balaban J connectivity index is 1.64. The number of ketones is 1. The molecule has 2 saturated heterocycles. The zero-order valence-corrected chi connectivity index (χ0v) is 13.2. The van der Waals surface area contributed by atoms with Crippen molar-refractivity contribution in [1.82, 2.24) is 10.2 Å². The van der Waals surface area contributed by atoms with E-state index in [1.165, 1.54) is 0 Å². The van der Waals surface area contributed by atoms with Gasteiger partial charge in [0.05, 0.1) is 11.6 Å². The van der Waals surface area contributed by atoms with Crippen LogP contribution in [0.3, 0.4) is 0 Å². The number of halogens is 3. The lowest BCUT2D eigenvalue weighted by atomic mass is 9.88. The highest BCUT2D eigenvalue weighted by Crippen LogP contribution is 2.26. The minimum Gasteiger partial charge on any atom is -0.341 e. The van der Waals surface area contributed by atoms with Crippen molar-refractivity contribution in [3.05, 3.63) is 35.1 Å². The summed E-state index contributed by atoms with van der Waals surface area (Å²) >= 11 is 0. The number of likely N-dealkylation sites (tertiary alicyclic amines) is 1. The molecule has 3 rings (SSSR count). The van der Waals surface area contributed by atoms with Gasteiger partial charge in [-0.3, -0.25) is 9.59 Å². The van der Waals surface area contributed by atoms with E-state index in [0.29, 0.717) is 38.1 Å². The predicted molar refractivity (Wildman–Crippen MR) is 81.0 cm³/mol. The molecule has 2 aliphatic rings. The van der Waals surface area contributed by atoms with Crippen molar-refractivity contribution in [2.24, 2.45) is 5.92 Å². The molecule has 0 saturated carbocycles. The summed E-state index contributed by atoms with van der Waals surface area (Å²) in [5, 5.41) is 3.14. The lowest BCUT2D eigenvalue weighted by molar-refractivity contribution is -0.134. The van der Waals surface area contributed by atoms with E-state index in [-0.39, 0.29) is 11.9 Å². The minimum absolute atomic E-state index is 0.0255. The summed E-state index contributed by atoms with van der Waals surface area (Å²) in [6.45, 7) is 1.60. The zero-order chi connectivity index (χ0) is 17.3. The molecular formula is C17H19F3N2O2. The number of piperidine rings is 1. The maximum Gasteiger partial charge on any atom is 0.239 e. The van der Waals surface area contributed by atoms with Crippen LogP contribution in [0.2, 0.25) is 0 Å². The molecule has 0 spiro atoms. The van der Waals surface area contributed by atoms with Crippen LogP contribution >= 0.6 is 0 Å². The SMILES string of the molecule is O=C(c1c(F)cc(F)cc1F)C1CCN(C(=O)C2CCCN2)CC1. The van der Waals surface area contributed by atoms with Crippen LogP contribution in [0.4, 0.5) is 13.2 Å². The van der Waals surface area contributed by atoms with Gasteiger partial charge in [-0.15, -0.1) is 0 Å². The fourth-order valence-corrected chi connectivity index (χ4v) is 3.46. The average Bonchev–Trinajstić information content (AvgIpc) is 3.07. The summed E-state index contributed by atoms with van der Waals surface area (Å²) < 4.78 is 40.5. The molecule has 1 atom stereocenters. The number of carbonyl (C=O) groups is 2. The molecule has 0 aliphatic carbocycles. The fourth-order valence-electron chi connectivity index (χ4n) is 3.46. The number of nitrogens with zero attached hydrogens (tertiary/aromatic N) is 1. The van der Waals surface area contributed by atoms with E-state index in [1.54, 1.807) is 4.90 Å². The van der Waals surface area contributed by atoms with Crippen molar-refractivity contribution in [1.29, 1.82) is 0 Å². The number of rotatable bonds is 3. The Kier molecular flexibility index (Phi) is 4.89. The quantitative estimate of drug-likeness (QED) is 0.859. The Hall–Kier alpha value is -1.89. The van der Waals surface area contributed by atoms with Gasteiger partial charge in [-0.1, -0.05) is 0 Å². The normalized spacial score (nSPS) is 22.0. The van der Waals surface area contributed by atoms with E-state index in [2.05, 4.69) is 5.32 Å². The highest BCUT2D eigenvalue weighted by molar-refractivity contribution is 5.98. The Morgan fingerprint density at radius 3 is 2.21 bits per heavy atom. The van der Waals surface area contributed by atoms with Crippen LogP contribution in [-0.2, 0) is 4.79 Å². The van der Waals surface area contributed by atoms with Crippen molar-refractivity contribution >= 4 is 11.7 Å². The number of benzene rings is 1. The molecule has 1 aromatic rings. The molecule has 1 aromatic carbocycles. The molecule has 0 bridgehead atoms. The number of hydrogen-bond donors (Lipinski definition) is 1. The van der Waals surface area contributed by atoms with Gasteiger partial charge in [0.1, 0.15) is 17.5 Å². The molecule has 2 heterocycles. The summed E-state index contributed by atoms with van der Waals surface area (Å²) in [5.74, 6) is -4.59. The van der Waals surface area contributed by atoms with Crippen LogP contribution in [0.15, 0.2) is 12.1 Å². The van der Waals surface area contributed by atoms with Gasteiger partial charge >= 0.3 is 0 Å². The van der Waals surface area contributed by atoms with E-state index in [1.807, 2.05) is 0 Å². The van der Waals surface area contributed by atoms with Gasteiger partial charge in [0.25, 0.3) is 0 Å². The summed E-state index contributed by atoms with van der Waals surface area (Å²) in [7, 11) is 0. The standard InChI is InChI=1S/C17H19F3N2O2/c18-11-8-12(19)15(13(20)9-11)16(23)10-3-6-22(7-4-10)17(24)14-2-1-5-21-14/h8-10,14,21H,1-7H2. The van der Waals surface area contributed by atoms with Gasteiger partial charge in [-0.05, 0) is 32.2 Å². The second kappa shape index (κ2) is 6.93. The summed E-state index contributed by atoms with van der Waals surface area (Å²) in [4.78, 5) is 26.4. The Morgan fingerprint density at radius 1 is 1.04 bits per heavy atom. The van der Waals surface area contributed by atoms with Crippen molar-refractivity contribution < 1.29 is 22.8 Å². The van der Waals surface area contributed by atoms with Gasteiger partial charge in [-0.2, -0.15) is 0 Å². The maximum absolute atomic E-state index is 13.8. The molecule has 130 valence electrons. The molecule has 1 N–H and O–H groups in total. The second-order valence-electron chi connectivity index (χ2n) is 6.36. The lowest BCUT2D eigenvalue weighted by Crippen LogP contribution is -2.47. The minimum atomic E-state index is -1.17. The van der Waals surface area contributed by atoms with E-state index in [9.17, 15) is 22.8 Å². The molecule has 2 fully saturated rings. The van der Waals surface area contributed by atoms with Crippen molar-refractivity contribution in [2.75, 3.05) is 19.6 Å². The second-order valence-corrected chi connectivity index (χ2v) is 6.36. The van der Waals surface area contributed by atoms with E-state index >= 15 is 0 Å². The molecule has 1 unspecified atom stereocenters. The van der Waals surface area contributed by atoms with Crippen molar-refractivity contribution in [3.8, 4) is 0 Å². The third kappa shape index (κ3) is 3.31. The monoisotopic (exact) mass is 340 g/mol. The van der Waals surface area contributed by atoms with Crippen LogP contribution < -0.4 is 5.32 Å². The van der Waals surface area contributed by atoms with Gasteiger partial charge in [-0.25, -0.2) is 13.2 Å². The number of Topliss-reactive ketones (excluding diaryl/α,β-unsaturated/α-hetero) is 1. The average molecular weight is 340 g/mol. The smallest absolute Gasteiger partial charge is 0.239 e. The maximum atomic E-state index is 13.8. The highest BCUT2D eigenvalue weighted by atomic mass is 19.1. The number of amides is 1. The first-order chi connectivity index (χ1) is 11.5. The number of nitrogens with one attached hydrogen (secondary N) is 1. The predicted octanol–water partition coefficient (Wildman–Crippen LogP) is 2.28. The Labute approximate surface area is 138 Å². The number of carbonyl (C=O) groups excluding carboxylic acids is 2. The summed E-state index contributed by atoms with van der Waals surface area (Å²) in [6.07, 6.45) is 2.49. The largest absolute Gasteiger partial charge is 0.341 e. The lowest BCUT2D eigenvalue weighted by Gasteiger charge is -2.33. The zero-order valence-electron chi connectivity index (χ0n) is 13.2. The van der Waals surface area contributed by atoms with Gasteiger partial charge < -0.3 is 10.2 Å². The Morgan fingerprint density at radius 2 is 1.67 bits per heavy atom. The molecule has 0 aromatic heterocycles. The molecule has 1 amide bonds. The molecule has 24 heavy (non-hydrogen) atoms. The Bertz CT molecular complexity index is 628. The van der Waals surface area contributed by atoms with E-state index in [4.69, 9.17) is 0 Å². The number of hydrogen-bond acceptors (Lipinski definition) is 3. The molecular weight excluding hydrogens is 321 g/mol. The van der Waals surface area contributed by atoms with Gasteiger partial charge in [0.15, 0.2) is 5.78 Å². The third-order valence-corrected chi connectivity index (χ3v) is 4.79. The molecule has 7 heteroatoms. The first-order valence-corrected chi connectivity index (χ1v) is 8.18. The molecule has 0 radical (unpaired) electrons. The van der Waals surface area contributed by atoms with Gasteiger partial charge in [0.2, 0.25) is 5.91 Å². The molecule has 2 aliphatic heterocycles. The fraction of sp³-hybridized carbons (Fsp3) is 0.529. The van der Waals surface area contributed by atoms with E-state index < -0.39 is 34.7 Å². The van der Waals surface area contributed by atoms with Crippen molar-refractivity contribution in [3.63, 3.8) is 0 Å². The van der Waals surface area contributed by atoms with Crippen LogP contribution in [0.25, 0.3) is 0 Å². The summed E-state index contributed by atoms with van der Waals surface area (Å²) in [6, 6.07) is 0.866. The van der Waals surface area contributed by atoms with Crippen molar-refractivity contribution in [2.45, 2.75) is 31.7 Å². The van der Waals surface area contributed by atoms with Gasteiger partial charge in [0, 0.05) is 31.1 Å². The first-order valence-electron chi connectivity index (χ1n) is 8.18. The first kappa shape index (κ1) is 17.0. The van der Waals surface area contributed by atoms with E-state index in [0.717, 1.165) is 19.4 Å². The van der Waals surface area contributed by atoms with Crippen LogP contribution in [0, 0.1) is 23.4 Å². The van der Waals surface area contributed by atoms with Crippen LogP contribution in [0.1, 0.15) is 36.0 Å². The highest BCUT2D eigenvalue weighted by Gasteiger charge is 2.33. The summed E-state index contributed by atoms with van der Waals surface area (Å²) in [5.41, 5.74) is -0.682. The molecule has 4 nitrogen and oxygen atoms in total. The van der Waals surface area contributed by atoms with Crippen LogP contribution in [0.5, 0.6) is 0 Å². The third-order valence-electron chi connectivity index (χ3n) is 4.79. The van der Waals surface area contributed by atoms with Crippen LogP contribution in [-0.4, -0.2) is 42.3 Å². The topological polar surface area (TPSA) is 49.4 Å².